The summed E-state index contributed by atoms with van der Waals surface area (Å²) in [5.41, 5.74) is 3.38. The van der Waals surface area contributed by atoms with Gasteiger partial charge in [-0.3, -0.25) is 0 Å². The average molecular weight is 280 g/mol. The fourth-order valence-electron chi connectivity index (χ4n) is 2.00. The van der Waals surface area contributed by atoms with Crippen molar-refractivity contribution in [2.45, 2.75) is 19.9 Å². The topological polar surface area (TPSA) is 12.0 Å². The summed E-state index contributed by atoms with van der Waals surface area (Å²) >= 11 is 12.2. The van der Waals surface area contributed by atoms with Crippen LogP contribution < -0.4 is 5.32 Å². The quantitative estimate of drug-likeness (QED) is 0.785. The lowest BCUT2D eigenvalue weighted by Crippen LogP contribution is -2.08. The highest BCUT2D eigenvalue weighted by Gasteiger charge is 2.10. The maximum Gasteiger partial charge on any atom is 0.0823 e. The smallest absolute Gasteiger partial charge is 0.0823 e. The molecule has 18 heavy (non-hydrogen) atoms. The Morgan fingerprint density at radius 3 is 2.44 bits per heavy atom. The van der Waals surface area contributed by atoms with Gasteiger partial charge in [0.05, 0.1) is 15.7 Å². The monoisotopic (exact) mass is 279 g/mol. The van der Waals surface area contributed by atoms with E-state index in [1.807, 2.05) is 24.3 Å². The fourth-order valence-corrected chi connectivity index (χ4v) is 2.35. The van der Waals surface area contributed by atoms with Gasteiger partial charge in [0.15, 0.2) is 0 Å². The molecule has 0 aliphatic carbocycles. The standard InChI is InChI=1S/C15H15Cl2N/c1-10-6-3-4-7-12(10)11(2)18-14-9-5-8-13(16)15(14)17/h3-9,11,18H,1-2H3. The Hall–Kier alpha value is -1.18. The van der Waals surface area contributed by atoms with Gasteiger partial charge in [-0.25, -0.2) is 0 Å². The highest BCUT2D eigenvalue weighted by atomic mass is 35.5. The third-order valence-electron chi connectivity index (χ3n) is 2.98. The second-order valence-corrected chi connectivity index (χ2v) is 5.11. The molecule has 3 heteroatoms. The van der Waals surface area contributed by atoms with Crippen LogP contribution in [-0.4, -0.2) is 0 Å². The van der Waals surface area contributed by atoms with E-state index in [0.29, 0.717) is 10.0 Å². The molecule has 0 radical (unpaired) electrons. The molecule has 0 heterocycles. The third-order valence-corrected chi connectivity index (χ3v) is 3.80. The zero-order chi connectivity index (χ0) is 13.1. The largest absolute Gasteiger partial charge is 0.377 e. The summed E-state index contributed by atoms with van der Waals surface area (Å²) in [6, 6.07) is 14.1. The van der Waals surface area contributed by atoms with Crippen molar-refractivity contribution in [3.63, 3.8) is 0 Å². The number of hydrogen-bond acceptors (Lipinski definition) is 1. The number of anilines is 1. The first kappa shape index (κ1) is 13.3. The molecule has 0 amide bonds. The van der Waals surface area contributed by atoms with Crippen LogP contribution in [0, 0.1) is 6.92 Å². The predicted molar refractivity (Wildman–Crippen MR) is 79.7 cm³/mol. The molecule has 0 bridgehead atoms. The van der Waals surface area contributed by atoms with Crippen molar-refractivity contribution in [3.8, 4) is 0 Å². The minimum Gasteiger partial charge on any atom is -0.377 e. The van der Waals surface area contributed by atoms with Gasteiger partial charge < -0.3 is 5.32 Å². The molecule has 0 fully saturated rings. The van der Waals surface area contributed by atoms with Gasteiger partial charge in [-0.2, -0.15) is 0 Å². The maximum absolute atomic E-state index is 6.17. The molecule has 0 saturated carbocycles. The van der Waals surface area contributed by atoms with E-state index >= 15 is 0 Å². The van der Waals surface area contributed by atoms with E-state index in [4.69, 9.17) is 23.2 Å². The number of nitrogens with one attached hydrogen (secondary N) is 1. The van der Waals surface area contributed by atoms with Gasteiger partial charge in [-0.05, 0) is 37.1 Å². The van der Waals surface area contributed by atoms with Crippen molar-refractivity contribution in [1.82, 2.24) is 0 Å². The summed E-state index contributed by atoms with van der Waals surface area (Å²) in [7, 11) is 0. The van der Waals surface area contributed by atoms with Gasteiger partial charge in [0, 0.05) is 6.04 Å². The molecule has 1 N–H and O–H groups in total. The molecule has 2 rings (SSSR count). The summed E-state index contributed by atoms with van der Waals surface area (Å²) in [5.74, 6) is 0. The van der Waals surface area contributed by atoms with E-state index < -0.39 is 0 Å². The van der Waals surface area contributed by atoms with Crippen LogP contribution in [-0.2, 0) is 0 Å². The first-order chi connectivity index (χ1) is 8.59. The maximum atomic E-state index is 6.17. The SMILES string of the molecule is Cc1ccccc1C(C)Nc1cccc(Cl)c1Cl. The fraction of sp³-hybridized carbons (Fsp3) is 0.200. The third kappa shape index (κ3) is 2.80. The molecular weight excluding hydrogens is 265 g/mol. The van der Waals surface area contributed by atoms with E-state index in [-0.39, 0.29) is 6.04 Å². The summed E-state index contributed by atoms with van der Waals surface area (Å²) < 4.78 is 0. The van der Waals surface area contributed by atoms with Crippen molar-refractivity contribution in [3.05, 3.63) is 63.6 Å². The first-order valence-corrected chi connectivity index (χ1v) is 6.61. The van der Waals surface area contributed by atoms with Gasteiger partial charge in [0.1, 0.15) is 0 Å². The summed E-state index contributed by atoms with van der Waals surface area (Å²) in [4.78, 5) is 0. The van der Waals surface area contributed by atoms with Crippen LogP contribution >= 0.6 is 23.2 Å². The van der Waals surface area contributed by atoms with E-state index in [9.17, 15) is 0 Å². The molecular formula is C15H15Cl2N. The molecule has 1 nitrogen and oxygen atoms in total. The van der Waals surface area contributed by atoms with E-state index in [2.05, 4.69) is 31.3 Å². The van der Waals surface area contributed by atoms with Crippen LogP contribution in [0.4, 0.5) is 5.69 Å². The molecule has 0 aliphatic rings. The Balaban J connectivity index is 2.24. The molecule has 0 aliphatic heterocycles. The zero-order valence-electron chi connectivity index (χ0n) is 10.4. The molecule has 0 aromatic heterocycles. The Morgan fingerprint density at radius 1 is 1.00 bits per heavy atom. The van der Waals surface area contributed by atoms with Crippen LogP contribution in [0.1, 0.15) is 24.1 Å². The van der Waals surface area contributed by atoms with Crippen LogP contribution in [0.3, 0.4) is 0 Å². The number of aryl methyl sites for hydroxylation is 1. The van der Waals surface area contributed by atoms with Crippen LogP contribution in [0.2, 0.25) is 10.0 Å². The second kappa shape index (κ2) is 5.64. The Bertz CT molecular complexity index is 552. The van der Waals surface area contributed by atoms with Crippen LogP contribution in [0.15, 0.2) is 42.5 Å². The van der Waals surface area contributed by atoms with Crippen LogP contribution in [0.25, 0.3) is 0 Å². The first-order valence-electron chi connectivity index (χ1n) is 5.85. The predicted octanol–water partition coefficient (Wildman–Crippen LogP) is 5.47. The van der Waals surface area contributed by atoms with Gasteiger partial charge in [-0.15, -0.1) is 0 Å². The Kier molecular flexibility index (Phi) is 4.15. The van der Waals surface area contributed by atoms with Crippen molar-refractivity contribution in [2.24, 2.45) is 0 Å². The minimum atomic E-state index is 0.183. The summed E-state index contributed by atoms with van der Waals surface area (Å²) in [6.07, 6.45) is 0. The molecule has 1 unspecified atom stereocenters. The molecule has 0 spiro atoms. The second-order valence-electron chi connectivity index (χ2n) is 4.32. The van der Waals surface area contributed by atoms with E-state index in [1.54, 1.807) is 6.07 Å². The number of benzene rings is 2. The highest BCUT2D eigenvalue weighted by molar-refractivity contribution is 6.43. The number of hydrogen-bond donors (Lipinski definition) is 1. The molecule has 2 aromatic rings. The lowest BCUT2D eigenvalue weighted by Gasteiger charge is -2.19. The lowest BCUT2D eigenvalue weighted by atomic mass is 10.0. The number of rotatable bonds is 3. The van der Waals surface area contributed by atoms with Gasteiger partial charge in [0.2, 0.25) is 0 Å². The average Bonchev–Trinajstić information content (AvgIpc) is 2.35. The molecule has 2 aromatic carbocycles. The van der Waals surface area contributed by atoms with Gasteiger partial charge in [-0.1, -0.05) is 53.5 Å². The summed E-state index contributed by atoms with van der Waals surface area (Å²) in [6.45, 7) is 4.21. The molecule has 1 atom stereocenters. The minimum absolute atomic E-state index is 0.183. The lowest BCUT2D eigenvalue weighted by molar-refractivity contribution is 0.874. The molecule has 0 saturated heterocycles. The Morgan fingerprint density at radius 2 is 1.72 bits per heavy atom. The normalized spacial score (nSPS) is 12.2. The van der Waals surface area contributed by atoms with Crippen molar-refractivity contribution < 1.29 is 0 Å². The van der Waals surface area contributed by atoms with Crippen LogP contribution in [0.5, 0.6) is 0 Å². The van der Waals surface area contributed by atoms with E-state index in [0.717, 1.165) is 5.69 Å². The summed E-state index contributed by atoms with van der Waals surface area (Å²) in [5, 5.41) is 4.53. The van der Waals surface area contributed by atoms with Gasteiger partial charge in [0.25, 0.3) is 0 Å². The van der Waals surface area contributed by atoms with Crippen molar-refractivity contribution in [1.29, 1.82) is 0 Å². The van der Waals surface area contributed by atoms with Crippen molar-refractivity contribution in [2.75, 3.05) is 5.32 Å². The Labute approximate surface area is 118 Å². The number of halogens is 2. The van der Waals surface area contributed by atoms with Crippen molar-refractivity contribution >= 4 is 28.9 Å². The van der Waals surface area contributed by atoms with Gasteiger partial charge >= 0.3 is 0 Å². The van der Waals surface area contributed by atoms with E-state index in [1.165, 1.54) is 11.1 Å². The molecule has 94 valence electrons. The zero-order valence-corrected chi connectivity index (χ0v) is 11.9. The highest BCUT2D eigenvalue weighted by Crippen LogP contribution is 2.32.